The molecule has 0 bridgehead atoms. The van der Waals surface area contributed by atoms with Crippen LogP contribution in [0.3, 0.4) is 0 Å². The summed E-state index contributed by atoms with van der Waals surface area (Å²) >= 11 is 0. The van der Waals surface area contributed by atoms with Gasteiger partial charge in [0.05, 0.1) is 6.61 Å². The lowest BCUT2D eigenvalue weighted by Crippen LogP contribution is -2.54. The second-order valence-electron chi connectivity index (χ2n) is 9.73. The highest BCUT2D eigenvalue weighted by atomic mass is 16.5. The van der Waals surface area contributed by atoms with Crippen LogP contribution >= 0.6 is 0 Å². The molecule has 2 aromatic rings. The van der Waals surface area contributed by atoms with Gasteiger partial charge in [-0.2, -0.15) is 0 Å². The van der Waals surface area contributed by atoms with Crippen LogP contribution in [-0.4, -0.2) is 44.4 Å². The maximum atomic E-state index is 14.3. The predicted octanol–water partition coefficient (Wildman–Crippen LogP) is 4.01. The molecule has 1 aliphatic carbocycles. The first-order valence-corrected chi connectivity index (χ1v) is 13.3. The molecule has 1 amide bonds. The summed E-state index contributed by atoms with van der Waals surface area (Å²) in [5, 5.41) is 0. The Labute approximate surface area is 223 Å². The first kappa shape index (κ1) is 25.6. The summed E-state index contributed by atoms with van der Waals surface area (Å²) in [6.07, 6.45) is 1.48. The van der Waals surface area contributed by atoms with Gasteiger partial charge < -0.3 is 20.3 Å². The van der Waals surface area contributed by atoms with E-state index in [0.717, 1.165) is 24.5 Å². The normalized spacial score (nSPS) is 20.7. The molecule has 1 atom stereocenters. The zero-order chi connectivity index (χ0) is 27.2. The molecule has 38 heavy (non-hydrogen) atoms. The number of hydrogen-bond acceptors (Lipinski definition) is 7. The first-order valence-electron chi connectivity index (χ1n) is 13.3. The summed E-state index contributed by atoms with van der Waals surface area (Å²) in [7, 11) is 1.67. The van der Waals surface area contributed by atoms with Crippen molar-refractivity contribution in [1.29, 1.82) is 0 Å². The van der Waals surface area contributed by atoms with E-state index >= 15 is 0 Å². The molecule has 2 N–H and O–H groups in total. The average Bonchev–Trinajstić information content (AvgIpc) is 3.13. The average molecular weight is 515 g/mol. The van der Waals surface area contributed by atoms with Gasteiger partial charge in [0.1, 0.15) is 16.8 Å². The Morgan fingerprint density at radius 1 is 1.03 bits per heavy atom. The van der Waals surface area contributed by atoms with Gasteiger partial charge in [0, 0.05) is 60.5 Å². The van der Waals surface area contributed by atoms with Crippen molar-refractivity contribution in [3.05, 3.63) is 76.8 Å². The SMILES string of the molecule is CCOC(=O)C1=C(N)N(c2ccc(N(CC)CC)cc2)C2=C(C(=O)CCC2)C12C(=O)N(C)c1ccccc12. The number of benzene rings is 2. The highest BCUT2D eigenvalue weighted by molar-refractivity contribution is 6.24. The molecule has 5 rings (SSSR count). The van der Waals surface area contributed by atoms with Gasteiger partial charge in [-0.15, -0.1) is 0 Å². The van der Waals surface area contributed by atoms with Gasteiger partial charge in [-0.3, -0.25) is 14.5 Å². The Kier molecular flexibility index (Phi) is 6.51. The topological polar surface area (TPSA) is 96.2 Å². The summed E-state index contributed by atoms with van der Waals surface area (Å²) in [6, 6.07) is 15.2. The Morgan fingerprint density at radius 2 is 1.71 bits per heavy atom. The third kappa shape index (κ3) is 3.46. The number of esters is 1. The lowest BCUT2D eigenvalue weighted by Gasteiger charge is -2.44. The van der Waals surface area contributed by atoms with E-state index in [-0.39, 0.29) is 29.7 Å². The minimum Gasteiger partial charge on any atom is -0.462 e. The molecule has 198 valence electrons. The number of anilines is 3. The number of nitrogens with zero attached hydrogens (tertiary/aromatic N) is 3. The molecule has 2 aliphatic heterocycles. The molecule has 0 radical (unpaired) electrons. The van der Waals surface area contributed by atoms with Crippen molar-refractivity contribution in [3.8, 4) is 0 Å². The molecule has 1 spiro atoms. The van der Waals surface area contributed by atoms with Crippen LogP contribution in [0, 0.1) is 0 Å². The Hall–Kier alpha value is -4.07. The van der Waals surface area contributed by atoms with Crippen LogP contribution in [0.4, 0.5) is 17.1 Å². The number of para-hydroxylation sites is 1. The summed E-state index contributed by atoms with van der Waals surface area (Å²) in [6.45, 7) is 7.76. The van der Waals surface area contributed by atoms with Gasteiger partial charge in [0.15, 0.2) is 5.78 Å². The Balaban J connectivity index is 1.81. The van der Waals surface area contributed by atoms with E-state index < -0.39 is 11.4 Å². The molecule has 0 saturated carbocycles. The fourth-order valence-electron chi connectivity index (χ4n) is 6.25. The van der Waals surface area contributed by atoms with Crippen molar-refractivity contribution in [3.63, 3.8) is 0 Å². The van der Waals surface area contributed by atoms with Gasteiger partial charge in [0.2, 0.25) is 5.91 Å². The second-order valence-corrected chi connectivity index (χ2v) is 9.73. The summed E-state index contributed by atoms with van der Waals surface area (Å²) in [4.78, 5) is 47.3. The van der Waals surface area contributed by atoms with Crippen molar-refractivity contribution in [1.82, 2.24) is 0 Å². The van der Waals surface area contributed by atoms with Crippen LogP contribution in [0.15, 0.2) is 71.2 Å². The summed E-state index contributed by atoms with van der Waals surface area (Å²) < 4.78 is 5.50. The molecule has 0 fully saturated rings. The van der Waals surface area contributed by atoms with Crippen LogP contribution < -0.4 is 20.4 Å². The third-order valence-electron chi connectivity index (χ3n) is 7.91. The number of carbonyl (C=O) groups is 3. The number of allylic oxidation sites excluding steroid dienone is 1. The molecule has 3 aliphatic rings. The maximum Gasteiger partial charge on any atom is 0.339 e. The monoisotopic (exact) mass is 514 g/mol. The van der Waals surface area contributed by atoms with Crippen molar-refractivity contribution < 1.29 is 19.1 Å². The fourth-order valence-corrected chi connectivity index (χ4v) is 6.25. The number of amides is 1. The third-order valence-corrected chi connectivity index (χ3v) is 7.91. The summed E-state index contributed by atoms with van der Waals surface area (Å²) in [5.74, 6) is -1.10. The van der Waals surface area contributed by atoms with Gasteiger partial charge in [0.25, 0.3) is 0 Å². The van der Waals surface area contributed by atoms with Crippen molar-refractivity contribution in [2.75, 3.05) is 41.4 Å². The number of likely N-dealkylation sites (N-methyl/N-ethyl adjacent to an activating group) is 1. The predicted molar refractivity (Wildman–Crippen MR) is 148 cm³/mol. The van der Waals surface area contributed by atoms with E-state index in [0.29, 0.717) is 41.8 Å². The lowest BCUT2D eigenvalue weighted by molar-refractivity contribution is -0.140. The van der Waals surface area contributed by atoms with Gasteiger partial charge in [-0.05, 0) is 63.9 Å². The molecule has 0 saturated heterocycles. The van der Waals surface area contributed by atoms with Crippen LogP contribution in [0.1, 0.15) is 45.6 Å². The van der Waals surface area contributed by atoms with Crippen molar-refractivity contribution >= 4 is 34.7 Å². The van der Waals surface area contributed by atoms with Crippen molar-refractivity contribution in [2.45, 2.75) is 45.4 Å². The first-order chi connectivity index (χ1) is 18.3. The second kappa shape index (κ2) is 9.67. The number of hydrogen-bond donors (Lipinski definition) is 1. The number of ketones is 1. The standard InChI is InChI=1S/C30H34N4O4/c1-5-33(6-2)19-15-17-20(18-16-19)34-23-13-10-14-24(35)25(23)30(26(27(34)31)28(36)38-7-3)21-11-8-9-12-22(21)32(4)29(30)37/h8-9,11-12,15-18H,5-7,10,13-14,31H2,1-4H3. The smallest absolute Gasteiger partial charge is 0.339 e. The number of rotatable bonds is 6. The fraction of sp³-hybridized carbons (Fsp3) is 0.367. The zero-order valence-corrected chi connectivity index (χ0v) is 22.4. The summed E-state index contributed by atoms with van der Waals surface area (Å²) in [5.41, 5.74) is 9.26. The molecule has 2 heterocycles. The van der Waals surface area contributed by atoms with E-state index in [2.05, 4.69) is 18.7 Å². The van der Waals surface area contributed by atoms with Gasteiger partial charge in [-0.25, -0.2) is 4.79 Å². The van der Waals surface area contributed by atoms with E-state index in [9.17, 15) is 14.4 Å². The van der Waals surface area contributed by atoms with E-state index in [1.807, 2.05) is 48.5 Å². The lowest BCUT2D eigenvalue weighted by atomic mass is 9.63. The van der Waals surface area contributed by atoms with Gasteiger partial charge in [-0.1, -0.05) is 18.2 Å². The van der Waals surface area contributed by atoms with Crippen LogP contribution in [-0.2, 0) is 24.5 Å². The van der Waals surface area contributed by atoms with E-state index in [4.69, 9.17) is 10.5 Å². The van der Waals surface area contributed by atoms with E-state index in [1.165, 1.54) is 4.90 Å². The Morgan fingerprint density at radius 3 is 2.37 bits per heavy atom. The molecular weight excluding hydrogens is 480 g/mol. The number of nitrogens with two attached hydrogens (primary N) is 1. The molecule has 8 heteroatoms. The van der Waals surface area contributed by atoms with Crippen LogP contribution in [0.5, 0.6) is 0 Å². The molecule has 2 aromatic carbocycles. The van der Waals surface area contributed by atoms with Crippen LogP contribution in [0.2, 0.25) is 0 Å². The highest BCUT2D eigenvalue weighted by Crippen LogP contribution is 2.56. The highest BCUT2D eigenvalue weighted by Gasteiger charge is 2.63. The van der Waals surface area contributed by atoms with Gasteiger partial charge >= 0.3 is 5.97 Å². The molecule has 0 aromatic heterocycles. The van der Waals surface area contributed by atoms with Crippen molar-refractivity contribution in [2.24, 2.45) is 5.73 Å². The quantitative estimate of drug-likeness (QED) is 0.582. The minimum absolute atomic E-state index is 0.00275. The Bertz CT molecular complexity index is 1370. The van der Waals surface area contributed by atoms with E-state index in [1.54, 1.807) is 18.9 Å². The maximum absolute atomic E-state index is 14.3. The van der Waals surface area contributed by atoms with Crippen LogP contribution in [0.25, 0.3) is 0 Å². The molecule has 8 nitrogen and oxygen atoms in total. The largest absolute Gasteiger partial charge is 0.462 e. The molecular formula is C30H34N4O4. The minimum atomic E-state index is -1.65. The number of carbonyl (C=O) groups excluding carboxylic acids is 3. The zero-order valence-electron chi connectivity index (χ0n) is 22.4. The number of fused-ring (bicyclic) bond motifs is 3. The number of Topliss-reactive ketones (excluding diaryl/α,β-unsaturated/α-hetero) is 1. The number of ether oxygens (including phenoxy) is 1. The molecule has 1 unspecified atom stereocenters.